The first-order chi connectivity index (χ1) is 8.36. The third-order valence-electron chi connectivity index (χ3n) is 4.70. The van der Waals surface area contributed by atoms with Crippen molar-refractivity contribution in [2.24, 2.45) is 11.1 Å². The Balaban J connectivity index is 2.16. The Bertz CT molecular complexity index is 317. The fourth-order valence-corrected chi connectivity index (χ4v) is 3.16. The number of piperidine rings is 2. The van der Waals surface area contributed by atoms with Crippen LogP contribution in [0.5, 0.6) is 0 Å². The Morgan fingerprint density at radius 3 is 2.50 bits per heavy atom. The molecule has 4 nitrogen and oxygen atoms in total. The van der Waals surface area contributed by atoms with Gasteiger partial charge in [-0.05, 0) is 44.2 Å². The summed E-state index contributed by atoms with van der Waals surface area (Å²) in [5, 5.41) is 3.35. The number of hydrogen-bond acceptors (Lipinski definition) is 3. The van der Waals surface area contributed by atoms with Crippen LogP contribution >= 0.6 is 0 Å². The van der Waals surface area contributed by atoms with Crippen molar-refractivity contribution in [3.05, 3.63) is 0 Å². The minimum absolute atomic E-state index is 0.171. The summed E-state index contributed by atoms with van der Waals surface area (Å²) < 4.78 is 0. The van der Waals surface area contributed by atoms with Gasteiger partial charge in [-0.25, -0.2) is 0 Å². The van der Waals surface area contributed by atoms with Crippen molar-refractivity contribution in [3.8, 4) is 0 Å². The maximum absolute atomic E-state index is 12.8. The summed E-state index contributed by atoms with van der Waals surface area (Å²) in [7, 11) is 0. The maximum Gasteiger partial charge on any atom is 0.243 e. The normalized spacial score (nSPS) is 31.8. The average molecular weight is 253 g/mol. The second-order valence-electron chi connectivity index (χ2n) is 6.80. The van der Waals surface area contributed by atoms with Gasteiger partial charge in [0.25, 0.3) is 0 Å². The number of nitrogens with one attached hydrogen (secondary N) is 1. The van der Waals surface area contributed by atoms with E-state index in [1.54, 1.807) is 0 Å². The number of amides is 1. The van der Waals surface area contributed by atoms with E-state index in [1.165, 1.54) is 0 Å². The van der Waals surface area contributed by atoms with Crippen LogP contribution in [-0.4, -0.2) is 42.0 Å². The lowest BCUT2D eigenvalue weighted by Crippen LogP contribution is -2.67. The van der Waals surface area contributed by atoms with Crippen molar-refractivity contribution in [3.63, 3.8) is 0 Å². The van der Waals surface area contributed by atoms with Crippen molar-refractivity contribution < 1.29 is 4.79 Å². The van der Waals surface area contributed by atoms with Gasteiger partial charge in [-0.1, -0.05) is 20.8 Å². The van der Waals surface area contributed by atoms with Crippen LogP contribution in [0.25, 0.3) is 0 Å². The molecule has 0 aromatic rings. The van der Waals surface area contributed by atoms with Gasteiger partial charge in [0.2, 0.25) is 5.91 Å². The molecule has 0 aromatic carbocycles. The number of nitrogens with two attached hydrogens (primary N) is 1. The Hall–Kier alpha value is -0.610. The summed E-state index contributed by atoms with van der Waals surface area (Å²) in [6.45, 7) is 9.16. The maximum atomic E-state index is 12.8. The van der Waals surface area contributed by atoms with E-state index >= 15 is 0 Å². The number of hydrogen-bond donors (Lipinski definition) is 2. The monoisotopic (exact) mass is 253 g/mol. The lowest BCUT2D eigenvalue weighted by molar-refractivity contribution is -0.148. The summed E-state index contributed by atoms with van der Waals surface area (Å²) in [5.74, 6) is 0.174. The zero-order valence-electron chi connectivity index (χ0n) is 12.0. The molecule has 2 fully saturated rings. The van der Waals surface area contributed by atoms with Crippen LogP contribution in [0.3, 0.4) is 0 Å². The van der Waals surface area contributed by atoms with Gasteiger partial charge in [0, 0.05) is 12.6 Å². The van der Waals surface area contributed by atoms with Crippen LogP contribution < -0.4 is 11.1 Å². The summed E-state index contributed by atoms with van der Waals surface area (Å²) in [5.41, 5.74) is 5.61. The van der Waals surface area contributed by atoms with Crippen LogP contribution in [0.1, 0.15) is 46.5 Å². The molecule has 0 aromatic heterocycles. The zero-order valence-corrected chi connectivity index (χ0v) is 12.0. The number of nitrogens with zero attached hydrogens (tertiary/aromatic N) is 1. The molecule has 2 rings (SSSR count). The Morgan fingerprint density at radius 2 is 1.94 bits per heavy atom. The molecule has 2 aliphatic heterocycles. The first-order valence-electron chi connectivity index (χ1n) is 7.17. The summed E-state index contributed by atoms with van der Waals surface area (Å²) in [4.78, 5) is 14.8. The van der Waals surface area contributed by atoms with Crippen molar-refractivity contribution in [2.45, 2.75) is 58.0 Å². The van der Waals surface area contributed by atoms with E-state index in [4.69, 9.17) is 5.73 Å². The van der Waals surface area contributed by atoms with Crippen molar-refractivity contribution in [1.82, 2.24) is 10.2 Å². The van der Waals surface area contributed by atoms with Crippen LogP contribution in [0.2, 0.25) is 0 Å². The molecule has 2 aliphatic rings. The highest BCUT2D eigenvalue weighted by molar-refractivity contribution is 5.88. The van der Waals surface area contributed by atoms with Gasteiger partial charge in [-0.2, -0.15) is 0 Å². The average Bonchev–Trinajstić information content (AvgIpc) is 2.32. The number of carbonyl (C=O) groups excluding carboxylic acids is 1. The predicted molar refractivity (Wildman–Crippen MR) is 73.2 cm³/mol. The molecule has 0 radical (unpaired) electrons. The molecule has 1 atom stereocenters. The zero-order chi connectivity index (χ0) is 13.4. The second-order valence-corrected chi connectivity index (χ2v) is 6.80. The molecule has 1 amide bonds. The van der Waals surface area contributed by atoms with Gasteiger partial charge >= 0.3 is 0 Å². The van der Waals surface area contributed by atoms with Crippen LogP contribution in [0.4, 0.5) is 0 Å². The van der Waals surface area contributed by atoms with E-state index in [9.17, 15) is 4.79 Å². The standard InChI is InChI=1S/C14H27N3O/c1-13(2,3)14(15)7-4-10-17(12(14)18)11-5-8-16-9-6-11/h11,16H,4-10,15H2,1-3H3/t14-/m1/s1. The highest BCUT2D eigenvalue weighted by Gasteiger charge is 2.50. The summed E-state index contributed by atoms with van der Waals surface area (Å²) in [6.07, 6.45) is 3.97. The summed E-state index contributed by atoms with van der Waals surface area (Å²) >= 11 is 0. The molecular weight excluding hydrogens is 226 g/mol. The van der Waals surface area contributed by atoms with Crippen LogP contribution in [0.15, 0.2) is 0 Å². The molecule has 0 aliphatic carbocycles. The van der Waals surface area contributed by atoms with E-state index in [-0.39, 0.29) is 11.3 Å². The van der Waals surface area contributed by atoms with Gasteiger partial charge in [0.1, 0.15) is 5.54 Å². The molecule has 18 heavy (non-hydrogen) atoms. The number of likely N-dealkylation sites (tertiary alicyclic amines) is 1. The highest BCUT2D eigenvalue weighted by Crippen LogP contribution is 2.37. The summed E-state index contributed by atoms with van der Waals surface area (Å²) in [6, 6.07) is 0.393. The lowest BCUT2D eigenvalue weighted by atomic mass is 9.69. The van der Waals surface area contributed by atoms with E-state index in [1.807, 2.05) is 0 Å². The molecule has 104 valence electrons. The Labute approximate surface area is 110 Å². The minimum atomic E-state index is -0.684. The van der Waals surface area contributed by atoms with Gasteiger partial charge in [0.15, 0.2) is 0 Å². The first kappa shape index (κ1) is 13.8. The van der Waals surface area contributed by atoms with Crippen molar-refractivity contribution in [1.29, 1.82) is 0 Å². The van der Waals surface area contributed by atoms with Crippen molar-refractivity contribution in [2.75, 3.05) is 19.6 Å². The molecule has 3 N–H and O–H groups in total. The number of carbonyl (C=O) groups is 1. The van der Waals surface area contributed by atoms with Crippen molar-refractivity contribution >= 4 is 5.91 Å². The lowest BCUT2D eigenvalue weighted by Gasteiger charge is -2.49. The van der Waals surface area contributed by atoms with Gasteiger partial charge < -0.3 is 16.0 Å². The Morgan fingerprint density at radius 1 is 1.33 bits per heavy atom. The minimum Gasteiger partial charge on any atom is -0.338 e. The third kappa shape index (κ3) is 2.28. The van der Waals surface area contributed by atoms with E-state index < -0.39 is 5.54 Å². The van der Waals surface area contributed by atoms with Gasteiger partial charge in [-0.3, -0.25) is 4.79 Å². The molecule has 4 heteroatoms. The highest BCUT2D eigenvalue weighted by atomic mass is 16.2. The predicted octanol–water partition coefficient (Wildman–Crippen LogP) is 1.10. The molecule has 2 heterocycles. The topological polar surface area (TPSA) is 58.4 Å². The first-order valence-corrected chi connectivity index (χ1v) is 7.17. The smallest absolute Gasteiger partial charge is 0.243 e. The molecular formula is C14H27N3O. The van der Waals surface area contributed by atoms with E-state index in [0.717, 1.165) is 45.3 Å². The van der Waals surface area contributed by atoms with Gasteiger partial charge in [-0.15, -0.1) is 0 Å². The quantitative estimate of drug-likeness (QED) is 0.736. The van der Waals surface area contributed by atoms with Crippen LogP contribution in [0, 0.1) is 5.41 Å². The molecule has 2 saturated heterocycles. The molecule has 0 saturated carbocycles. The largest absolute Gasteiger partial charge is 0.338 e. The fourth-order valence-electron chi connectivity index (χ4n) is 3.16. The van der Waals surface area contributed by atoms with E-state index in [0.29, 0.717) is 6.04 Å². The van der Waals surface area contributed by atoms with E-state index in [2.05, 4.69) is 31.0 Å². The van der Waals surface area contributed by atoms with Gasteiger partial charge in [0.05, 0.1) is 0 Å². The Kier molecular flexibility index (Phi) is 3.70. The third-order valence-corrected chi connectivity index (χ3v) is 4.70. The number of rotatable bonds is 1. The second kappa shape index (κ2) is 4.82. The molecule has 0 bridgehead atoms. The SMILES string of the molecule is CC(C)(C)[C@@]1(N)CCCN(C2CCNCC2)C1=O. The molecule has 0 spiro atoms. The molecule has 0 unspecified atom stereocenters. The van der Waals surface area contributed by atoms with Crippen LogP contribution in [-0.2, 0) is 4.79 Å². The fraction of sp³-hybridized carbons (Fsp3) is 0.929.